The molecule has 1 aliphatic rings. The Bertz CT molecular complexity index is 466. The molecule has 7 heteroatoms. The highest BCUT2D eigenvalue weighted by Crippen LogP contribution is 2.07. The molecule has 1 aromatic heterocycles. The number of piperazine rings is 1. The number of nitrogen functional groups attached to an aromatic ring is 1. The van der Waals surface area contributed by atoms with E-state index in [1.807, 2.05) is 0 Å². The van der Waals surface area contributed by atoms with Gasteiger partial charge >= 0.3 is 0 Å². The first-order valence-electron chi connectivity index (χ1n) is 6.70. The number of aromatic nitrogens is 1. The van der Waals surface area contributed by atoms with Crippen molar-refractivity contribution in [3.05, 3.63) is 23.9 Å². The molecular formula is C13H22N6O. The number of hydrazine groups is 1. The summed E-state index contributed by atoms with van der Waals surface area (Å²) in [6.45, 7) is 3.68. The highest BCUT2D eigenvalue weighted by Gasteiger charge is 2.22. The summed E-state index contributed by atoms with van der Waals surface area (Å²) in [6, 6.07) is 3.64. The largest absolute Gasteiger partial charge is 0.350 e. The molecule has 0 aromatic carbocycles. The van der Waals surface area contributed by atoms with Crippen LogP contribution >= 0.6 is 0 Å². The van der Waals surface area contributed by atoms with Crippen molar-refractivity contribution >= 4 is 11.7 Å². The first-order chi connectivity index (χ1) is 9.60. The lowest BCUT2D eigenvalue weighted by atomic mass is 10.1. The Hall–Kier alpha value is -1.70. The van der Waals surface area contributed by atoms with Crippen molar-refractivity contribution in [2.75, 3.05) is 45.7 Å². The maximum Gasteiger partial charge on any atom is 0.251 e. The van der Waals surface area contributed by atoms with Crippen LogP contribution in [0, 0.1) is 0 Å². The number of anilines is 1. The molecule has 2 heterocycles. The van der Waals surface area contributed by atoms with Gasteiger partial charge in [0.2, 0.25) is 0 Å². The highest BCUT2D eigenvalue weighted by molar-refractivity contribution is 5.94. The monoisotopic (exact) mass is 278 g/mol. The van der Waals surface area contributed by atoms with Crippen LogP contribution in [0.4, 0.5) is 5.82 Å². The summed E-state index contributed by atoms with van der Waals surface area (Å²) < 4.78 is 0. The zero-order valence-electron chi connectivity index (χ0n) is 12.0. The third-order valence-electron chi connectivity index (χ3n) is 3.65. The number of nitrogens with one attached hydrogen (secondary N) is 2. The van der Waals surface area contributed by atoms with Crippen LogP contribution in [-0.4, -0.2) is 67.0 Å². The van der Waals surface area contributed by atoms with E-state index in [-0.39, 0.29) is 5.91 Å². The van der Waals surface area contributed by atoms with Crippen LogP contribution in [0.15, 0.2) is 18.3 Å². The zero-order valence-corrected chi connectivity index (χ0v) is 12.0. The van der Waals surface area contributed by atoms with Gasteiger partial charge in [-0.1, -0.05) is 0 Å². The standard InChI is InChI=1S/C13H22N6O/c1-18-5-6-19(2)11(9-18)8-16-13(20)10-3-4-15-12(7-10)17-14/h3-4,7,11H,5-6,8-9,14H2,1-2H3,(H,15,17)(H,16,20). The zero-order chi connectivity index (χ0) is 14.5. The van der Waals surface area contributed by atoms with E-state index in [2.05, 4.69) is 39.6 Å². The van der Waals surface area contributed by atoms with Gasteiger partial charge in [0, 0.05) is 44.0 Å². The maximum atomic E-state index is 12.1. The molecule has 0 radical (unpaired) electrons. The molecular weight excluding hydrogens is 256 g/mol. The second kappa shape index (κ2) is 6.65. The molecule has 1 aromatic rings. The lowest BCUT2D eigenvalue weighted by Crippen LogP contribution is -2.54. The predicted molar refractivity (Wildman–Crippen MR) is 78.3 cm³/mol. The number of carbonyl (C=O) groups is 1. The number of pyridine rings is 1. The second-order valence-corrected chi connectivity index (χ2v) is 5.18. The summed E-state index contributed by atoms with van der Waals surface area (Å²) >= 11 is 0. The number of amides is 1. The minimum atomic E-state index is -0.106. The van der Waals surface area contributed by atoms with Crippen molar-refractivity contribution in [3.63, 3.8) is 0 Å². The van der Waals surface area contributed by atoms with Crippen molar-refractivity contribution in [2.45, 2.75) is 6.04 Å². The fourth-order valence-corrected chi connectivity index (χ4v) is 2.29. The van der Waals surface area contributed by atoms with Gasteiger partial charge in [-0.25, -0.2) is 10.8 Å². The molecule has 0 spiro atoms. The van der Waals surface area contributed by atoms with E-state index in [1.54, 1.807) is 18.3 Å². The van der Waals surface area contributed by atoms with Crippen molar-refractivity contribution in [3.8, 4) is 0 Å². The number of hydrogen-bond donors (Lipinski definition) is 3. The lowest BCUT2D eigenvalue weighted by molar-refractivity contribution is 0.0881. The third-order valence-corrected chi connectivity index (χ3v) is 3.65. The van der Waals surface area contributed by atoms with Crippen molar-refractivity contribution in [2.24, 2.45) is 5.84 Å². The normalized spacial score (nSPS) is 20.6. The number of nitrogens with zero attached hydrogens (tertiary/aromatic N) is 3. The van der Waals surface area contributed by atoms with Crippen molar-refractivity contribution in [1.29, 1.82) is 0 Å². The molecule has 0 bridgehead atoms. The van der Waals surface area contributed by atoms with Gasteiger partial charge in [-0.15, -0.1) is 0 Å². The molecule has 7 nitrogen and oxygen atoms in total. The summed E-state index contributed by atoms with van der Waals surface area (Å²) in [7, 11) is 4.19. The van der Waals surface area contributed by atoms with Crippen LogP contribution in [-0.2, 0) is 0 Å². The molecule has 20 heavy (non-hydrogen) atoms. The van der Waals surface area contributed by atoms with Gasteiger partial charge in [-0.3, -0.25) is 9.69 Å². The summed E-state index contributed by atoms with van der Waals surface area (Å²) in [5.41, 5.74) is 2.99. The molecule has 1 saturated heterocycles. The van der Waals surface area contributed by atoms with E-state index in [0.717, 1.165) is 19.6 Å². The van der Waals surface area contributed by atoms with Crippen LogP contribution < -0.4 is 16.6 Å². The van der Waals surface area contributed by atoms with E-state index in [0.29, 0.717) is 24.0 Å². The molecule has 2 rings (SSSR count). The fourth-order valence-electron chi connectivity index (χ4n) is 2.29. The fraction of sp³-hybridized carbons (Fsp3) is 0.538. The van der Waals surface area contributed by atoms with Gasteiger partial charge in [-0.05, 0) is 26.2 Å². The van der Waals surface area contributed by atoms with E-state index in [1.165, 1.54) is 0 Å². The number of likely N-dealkylation sites (N-methyl/N-ethyl adjacent to an activating group) is 2. The minimum absolute atomic E-state index is 0.106. The average molecular weight is 278 g/mol. The van der Waals surface area contributed by atoms with E-state index in [4.69, 9.17) is 5.84 Å². The van der Waals surface area contributed by atoms with Crippen molar-refractivity contribution in [1.82, 2.24) is 20.1 Å². The topological polar surface area (TPSA) is 86.5 Å². The Balaban J connectivity index is 1.91. The summed E-state index contributed by atoms with van der Waals surface area (Å²) in [4.78, 5) is 20.6. The molecule has 4 N–H and O–H groups in total. The molecule has 1 atom stereocenters. The molecule has 1 fully saturated rings. The SMILES string of the molecule is CN1CCN(C)C(CNC(=O)c2ccnc(NN)c2)C1. The Kier molecular flexibility index (Phi) is 4.89. The molecule has 0 aliphatic carbocycles. The smallest absolute Gasteiger partial charge is 0.251 e. The van der Waals surface area contributed by atoms with Crippen LogP contribution in [0.2, 0.25) is 0 Å². The van der Waals surface area contributed by atoms with Crippen LogP contribution in [0.3, 0.4) is 0 Å². The molecule has 1 amide bonds. The van der Waals surface area contributed by atoms with E-state index < -0.39 is 0 Å². The van der Waals surface area contributed by atoms with Crippen LogP contribution in [0.1, 0.15) is 10.4 Å². The number of rotatable bonds is 4. The Morgan fingerprint density at radius 1 is 1.50 bits per heavy atom. The minimum Gasteiger partial charge on any atom is -0.350 e. The number of nitrogens with two attached hydrogens (primary N) is 1. The Morgan fingerprint density at radius 2 is 2.30 bits per heavy atom. The first kappa shape index (κ1) is 14.7. The molecule has 110 valence electrons. The number of hydrogen-bond acceptors (Lipinski definition) is 6. The maximum absolute atomic E-state index is 12.1. The molecule has 1 aliphatic heterocycles. The summed E-state index contributed by atoms with van der Waals surface area (Å²) in [5, 5.41) is 2.97. The first-order valence-corrected chi connectivity index (χ1v) is 6.70. The van der Waals surface area contributed by atoms with Gasteiger partial charge in [-0.2, -0.15) is 0 Å². The average Bonchev–Trinajstić information content (AvgIpc) is 2.48. The van der Waals surface area contributed by atoms with E-state index >= 15 is 0 Å². The Labute approximate surface area is 119 Å². The van der Waals surface area contributed by atoms with Gasteiger partial charge in [0.15, 0.2) is 0 Å². The molecule has 1 unspecified atom stereocenters. The number of carbonyl (C=O) groups excluding carboxylic acids is 1. The van der Waals surface area contributed by atoms with Gasteiger partial charge < -0.3 is 15.6 Å². The lowest BCUT2D eigenvalue weighted by Gasteiger charge is -2.37. The quantitative estimate of drug-likeness (QED) is 0.501. The molecule has 0 saturated carbocycles. The van der Waals surface area contributed by atoms with Gasteiger partial charge in [0.1, 0.15) is 5.82 Å². The highest BCUT2D eigenvalue weighted by atomic mass is 16.1. The third kappa shape index (κ3) is 3.66. The van der Waals surface area contributed by atoms with Crippen molar-refractivity contribution < 1.29 is 4.79 Å². The van der Waals surface area contributed by atoms with Crippen LogP contribution in [0.25, 0.3) is 0 Å². The van der Waals surface area contributed by atoms with E-state index in [9.17, 15) is 4.79 Å². The van der Waals surface area contributed by atoms with Crippen LogP contribution in [0.5, 0.6) is 0 Å². The summed E-state index contributed by atoms with van der Waals surface area (Å²) in [5.74, 6) is 5.66. The summed E-state index contributed by atoms with van der Waals surface area (Å²) in [6.07, 6.45) is 1.56. The second-order valence-electron chi connectivity index (χ2n) is 5.18. The predicted octanol–water partition coefficient (Wildman–Crippen LogP) is -0.657. The Morgan fingerprint density at radius 3 is 3.05 bits per heavy atom. The van der Waals surface area contributed by atoms with Gasteiger partial charge in [0.05, 0.1) is 0 Å². The van der Waals surface area contributed by atoms with Gasteiger partial charge in [0.25, 0.3) is 5.91 Å².